The summed E-state index contributed by atoms with van der Waals surface area (Å²) in [6.07, 6.45) is 3.86. The molecule has 0 radical (unpaired) electrons. The molecular weight excluding hydrogens is 370 g/mol. The molecule has 1 N–H and O–H groups in total. The number of nitrogens with one attached hydrogen (secondary N) is 1. The highest BCUT2D eigenvalue weighted by Gasteiger charge is 2.31. The number of halogens is 1. The maximum Gasteiger partial charge on any atom is 0.276 e. The third-order valence-corrected chi connectivity index (χ3v) is 6.33. The molecule has 1 atom stereocenters. The standard InChI is InChI=1S/C18H22ClN5OS/c19-14-3-1-13(2-4-14)17-12-26-10-9-23(17)18(25)16-11-24(22-21-16)15-5-7-20-8-6-15/h1-4,11,15,17,20H,5-10,12H2. The van der Waals surface area contributed by atoms with Crippen LogP contribution in [-0.2, 0) is 0 Å². The van der Waals surface area contributed by atoms with Gasteiger partial charge in [-0.3, -0.25) is 4.79 Å². The number of benzene rings is 1. The van der Waals surface area contributed by atoms with Crippen molar-refractivity contribution in [2.75, 3.05) is 31.1 Å². The number of hydrogen-bond donors (Lipinski definition) is 1. The van der Waals surface area contributed by atoms with Crippen LogP contribution in [0.25, 0.3) is 0 Å². The second-order valence-electron chi connectivity index (χ2n) is 6.71. The van der Waals surface area contributed by atoms with Crippen LogP contribution < -0.4 is 5.32 Å². The van der Waals surface area contributed by atoms with Crippen LogP contribution in [0.4, 0.5) is 0 Å². The van der Waals surface area contributed by atoms with Gasteiger partial charge in [0.2, 0.25) is 0 Å². The Morgan fingerprint density at radius 3 is 2.77 bits per heavy atom. The summed E-state index contributed by atoms with van der Waals surface area (Å²) in [5.74, 6) is 1.79. The van der Waals surface area contributed by atoms with E-state index < -0.39 is 0 Å². The summed E-state index contributed by atoms with van der Waals surface area (Å²) < 4.78 is 1.87. The molecule has 2 aliphatic heterocycles. The molecule has 1 unspecified atom stereocenters. The van der Waals surface area contributed by atoms with Gasteiger partial charge in [0.05, 0.1) is 18.3 Å². The lowest BCUT2D eigenvalue weighted by atomic mass is 10.1. The number of aromatic nitrogens is 3. The summed E-state index contributed by atoms with van der Waals surface area (Å²) in [6, 6.07) is 8.14. The van der Waals surface area contributed by atoms with Crippen LogP contribution in [0.15, 0.2) is 30.5 Å². The zero-order chi connectivity index (χ0) is 17.9. The third-order valence-electron chi connectivity index (χ3n) is 5.06. The summed E-state index contributed by atoms with van der Waals surface area (Å²) in [6.45, 7) is 2.68. The molecular formula is C18H22ClN5OS. The van der Waals surface area contributed by atoms with Crippen molar-refractivity contribution in [3.05, 3.63) is 46.7 Å². The van der Waals surface area contributed by atoms with Crippen LogP contribution in [0.1, 0.15) is 41.0 Å². The third kappa shape index (κ3) is 3.75. The van der Waals surface area contributed by atoms with Gasteiger partial charge in [-0.25, -0.2) is 4.68 Å². The molecule has 1 amide bonds. The van der Waals surface area contributed by atoms with Crippen molar-refractivity contribution in [1.29, 1.82) is 0 Å². The van der Waals surface area contributed by atoms with Gasteiger partial charge in [-0.1, -0.05) is 28.9 Å². The van der Waals surface area contributed by atoms with Gasteiger partial charge in [0.1, 0.15) is 0 Å². The van der Waals surface area contributed by atoms with Gasteiger partial charge in [0.25, 0.3) is 5.91 Å². The number of carbonyl (C=O) groups excluding carboxylic acids is 1. The molecule has 0 bridgehead atoms. The second kappa shape index (κ2) is 7.98. The SMILES string of the molecule is O=C(c1cn(C2CCNCC2)nn1)N1CCSCC1c1ccc(Cl)cc1. The fourth-order valence-corrected chi connectivity index (χ4v) is 4.79. The summed E-state index contributed by atoms with van der Waals surface area (Å²) in [7, 11) is 0. The Bertz CT molecular complexity index is 759. The predicted octanol–water partition coefficient (Wildman–Crippen LogP) is 2.79. The Labute approximate surface area is 162 Å². The minimum absolute atomic E-state index is 0.0366. The van der Waals surface area contributed by atoms with E-state index in [9.17, 15) is 4.79 Å². The summed E-state index contributed by atoms with van der Waals surface area (Å²) in [4.78, 5) is 15.0. The number of carbonyl (C=O) groups is 1. The first kappa shape index (κ1) is 17.8. The largest absolute Gasteiger partial charge is 0.328 e. The monoisotopic (exact) mass is 391 g/mol. The van der Waals surface area contributed by atoms with Crippen molar-refractivity contribution < 1.29 is 4.79 Å². The molecule has 4 rings (SSSR count). The highest BCUT2D eigenvalue weighted by Crippen LogP contribution is 2.31. The van der Waals surface area contributed by atoms with Crippen LogP contribution in [0.5, 0.6) is 0 Å². The minimum Gasteiger partial charge on any atom is -0.328 e. The Balaban J connectivity index is 1.53. The summed E-state index contributed by atoms with van der Waals surface area (Å²) in [5.41, 5.74) is 1.55. The zero-order valence-corrected chi connectivity index (χ0v) is 16.0. The molecule has 2 fully saturated rings. The topological polar surface area (TPSA) is 63.1 Å². The molecule has 0 spiro atoms. The average Bonchev–Trinajstić information content (AvgIpc) is 3.19. The van der Waals surface area contributed by atoms with Crippen molar-refractivity contribution >= 4 is 29.3 Å². The van der Waals surface area contributed by atoms with E-state index in [0.29, 0.717) is 16.8 Å². The van der Waals surface area contributed by atoms with Crippen molar-refractivity contribution in [2.24, 2.45) is 0 Å². The first-order chi connectivity index (χ1) is 12.7. The van der Waals surface area contributed by atoms with Crippen molar-refractivity contribution in [3.63, 3.8) is 0 Å². The normalized spacial score (nSPS) is 21.7. The number of piperidine rings is 1. The van der Waals surface area contributed by atoms with Gasteiger partial charge in [0, 0.05) is 23.1 Å². The van der Waals surface area contributed by atoms with Gasteiger partial charge < -0.3 is 10.2 Å². The lowest BCUT2D eigenvalue weighted by molar-refractivity contribution is 0.0695. The lowest BCUT2D eigenvalue weighted by Crippen LogP contribution is -2.41. The van der Waals surface area contributed by atoms with Gasteiger partial charge in [-0.05, 0) is 43.6 Å². The van der Waals surface area contributed by atoms with Crippen molar-refractivity contribution in [3.8, 4) is 0 Å². The van der Waals surface area contributed by atoms with Gasteiger partial charge in [0.15, 0.2) is 5.69 Å². The first-order valence-corrected chi connectivity index (χ1v) is 10.5. The van der Waals surface area contributed by atoms with E-state index >= 15 is 0 Å². The van der Waals surface area contributed by atoms with E-state index in [0.717, 1.165) is 49.5 Å². The Morgan fingerprint density at radius 2 is 2.00 bits per heavy atom. The van der Waals surface area contributed by atoms with E-state index in [1.165, 1.54) is 0 Å². The number of nitrogens with zero attached hydrogens (tertiary/aromatic N) is 4. The van der Waals surface area contributed by atoms with Gasteiger partial charge >= 0.3 is 0 Å². The Morgan fingerprint density at radius 1 is 1.23 bits per heavy atom. The van der Waals surface area contributed by atoms with Crippen molar-refractivity contribution in [2.45, 2.75) is 24.9 Å². The fourth-order valence-electron chi connectivity index (χ4n) is 3.58. The zero-order valence-electron chi connectivity index (χ0n) is 14.5. The Hall–Kier alpha value is -1.57. The van der Waals surface area contributed by atoms with E-state index in [1.807, 2.05) is 51.8 Å². The number of thioether (sulfide) groups is 1. The van der Waals surface area contributed by atoms with E-state index in [2.05, 4.69) is 15.6 Å². The lowest BCUT2D eigenvalue weighted by Gasteiger charge is -2.35. The molecule has 3 heterocycles. The number of amides is 1. The molecule has 26 heavy (non-hydrogen) atoms. The van der Waals surface area contributed by atoms with Crippen LogP contribution in [0.3, 0.4) is 0 Å². The second-order valence-corrected chi connectivity index (χ2v) is 8.29. The summed E-state index contributed by atoms with van der Waals surface area (Å²) >= 11 is 7.88. The number of rotatable bonds is 3. The molecule has 0 saturated carbocycles. The van der Waals surface area contributed by atoms with Crippen LogP contribution in [0.2, 0.25) is 5.02 Å². The molecule has 2 saturated heterocycles. The predicted molar refractivity (Wildman–Crippen MR) is 104 cm³/mol. The van der Waals surface area contributed by atoms with Gasteiger partial charge in [-0.15, -0.1) is 5.10 Å². The molecule has 6 nitrogen and oxygen atoms in total. The molecule has 1 aromatic carbocycles. The first-order valence-electron chi connectivity index (χ1n) is 8.99. The highest BCUT2D eigenvalue weighted by atomic mass is 35.5. The van der Waals surface area contributed by atoms with E-state index in [-0.39, 0.29) is 11.9 Å². The molecule has 2 aromatic rings. The van der Waals surface area contributed by atoms with E-state index in [4.69, 9.17) is 11.6 Å². The molecule has 1 aromatic heterocycles. The molecule has 0 aliphatic carbocycles. The maximum atomic E-state index is 13.1. The van der Waals surface area contributed by atoms with Crippen LogP contribution in [0, 0.1) is 0 Å². The summed E-state index contributed by atoms with van der Waals surface area (Å²) in [5, 5.41) is 12.5. The molecule has 2 aliphatic rings. The van der Waals surface area contributed by atoms with Crippen LogP contribution >= 0.6 is 23.4 Å². The minimum atomic E-state index is -0.0366. The average molecular weight is 392 g/mol. The highest BCUT2D eigenvalue weighted by molar-refractivity contribution is 7.99. The quantitative estimate of drug-likeness (QED) is 0.871. The van der Waals surface area contributed by atoms with Gasteiger partial charge in [-0.2, -0.15) is 11.8 Å². The van der Waals surface area contributed by atoms with Crippen LogP contribution in [-0.4, -0.2) is 56.9 Å². The Kier molecular flexibility index (Phi) is 5.47. The molecule has 8 heteroatoms. The van der Waals surface area contributed by atoms with Crippen molar-refractivity contribution in [1.82, 2.24) is 25.2 Å². The maximum absolute atomic E-state index is 13.1. The number of hydrogen-bond acceptors (Lipinski definition) is 5. The molecule has 138 valence electrons. The van der Waals surface area contributed by atoms with E-state index in [1.54, 1.807) is 0 Å². The fraction of sp³-hybridized carbons (Fsp3) is 0.500. The smallest absolute Gasteiger partial charge is 0.276 e.